The quantitative estimate of drug-likeness (QED) is 0.871. The van der Waals surface area contributed by atoms with Crippen LogP contribution in [-0.4, -0.2) is 40.4 Å². The number of aromatic nitrogens is 2. The molecule has 0 bridgehead atoms. The first kappa shape index (κ1) is 16.8. The number of nitrogens with zero attached hydrogens (tertiary/aromatic N) is 3. The number of carbonyl (C=O) groups excluding carboxylic acids is 1. The largest absolute Gasteiger partial charge is 0.472 e. The highest BCUT2D eigenvalue weighted by atomic mass is 35.5. The molecule has 1 fully saturated rings. The molecule has 0 aliphatic carbocycles. The van der Waals surface area contributed by atoms with E-state index in [0.29, 0.717) is 21.4 Å². The van der Waals surface area contributed by atoms with Crippen LogP contribution in [0.25, 0.3) is 0 Å². The first-order valence-corrected chi connectivity index (χ1v) is 7.81. The second-order valence-corrected chi connectivity index (χ2v) is 5.82. The minimum atomic E-state index is -0.570. The molecule has 1 aromatic carbocycles. The van der Waals surface area contributed by atoms with Crippen molar-refractivity contribution in [1.82, 2.24) is 9.97 Å². The van der Waals surface area contributed by atoms with Gasteiger partial charge < -0.3 is 14.6 Å². The van der Waals surface area contributed by atoms with Gasteiger partial charge in [-0.05, 0) is 12.1 Å². The Bertz CT molecular complexity index is 722. The minimum Gasteiger partial charge on any atom is -0.472 e. The molecule has 1 aliphatic rings. The lowest BCUT2D eigenvalue weighted by atomic mass is 10.2. The Balaban J connectivity index is 1.66. The molecule has 0 saturated carbocycles. The highest BCUT2D eigenvalue weighted by Crippen LogP contribution is 2.26. The molecule has 1 aliphatic heterocycles. The van der Waals surface area contributed by atoms with Crippen molar-refractivity contribution in [3.63, 3.8) is 0 Å². The number of aliphatic hydroxyl groups excluding tert-OH is 1. The van der Waals surface area contributed by atoms with E-state index in [-0.39, 0.29) is 25.6 Å². The van der Waals surface area contributed by atoms with Crippen LogP contribution < -0.4 is 9.64 Å². The van der Waals surface area contributed by atoms with E-state index in [1.807, 2.05) is 0 Å². The van der Waals surface area contributed by atoms with E-state index in [1.54, 1.807) is 18.2 Å². The molecule has 1 N–H and O–H groups in total. The van der Waals surface area contributed by atoms with Gasteiger partial charge in [0.25, 0.3) is 0 Å². The number of aliphatic hydroxyl groups is 1. The Labute approximate surface area is 147 Å². The molecule has 1 amide bonds. The lowest BCUT2D eigenvalue weighted by Gasteiger charge is -2.12. The van der Waals surface area contributed by atoms with Gasteiger partial charge in [-0.3, -0.25) is 4.90 Å². The molecular formula is C15H13Cl2N3O4. The minimum absolute atomic E-state index is 0.144. The van der Waals surface area contributed by atoms with Crippen molar-refractivity contribution < 1.29 is 19.4 Å². The van der Waals surface area contributed by atoms with Crippen molar-refractivity contribution in [3.05, 3.63) is 46.2 Å². The van der Waals surface area contributed by atoms with Gasteiger partial charge in [-0.1, -0.05) is 29.3 Å². The third kappa shape index (κ3) is 3.53. The summed E-state index contributed by atoms with van der Waals surface area (Å²) in [5, 5.41) is 10.0. The normalized spacial score (nSPS) is 17.0. The van der Waals surface area contributed by atoms with Crippen molar-refractivity contribution >= 4 is 35.1 Å². The van der Waals surface area contributed by atoms with E-state index in [0.717, 1.165) is 0 Å². The first-order chi connectivity index (χ1) is 11.6. The van der Waals surface area contributed by atoms with E-state index < -0.39 is 12.2 Å². The second kappa shape index (κ2) is 7.21. The van der Waals surface area contributed by atoms with Gasteiger partial charge >= 0.3 is 6.09 Å². The zero-order valence-electron chi connectivity index (χ0n) is 12.4. The van der Waals surface area contributed by atoms with E-state index in [9.17, 15) is 4.79 Å². The lowest BCUT2D eigenvalue weighted by Crippen LogP contribution is -2.26. The van der Waals surface area contributed by atoms with Crippen LogP contribution in [0.5, 0.6) is 5.88 Å². The zero-order valence-corrected chi connectivity index (χ0v) is 13.9. The summed E-state index contributed by atoms with van der Waals surface area (Å²) in [4.78, 5) is 21.2. The van der Waals surface area contributed by atoms with Crippen molar-refractivity contribution in [2.45, 2.75) is 12.7 Å². The van der Waals surface area contributed by atoms with E-state index >= 15 is 0 Å². The van der Waals surface area contributed by atoms with Crippen molar-refractivity contribution in [2.75, 3.05) is 18.1 Å². The van der Waals surface area contributed by atoms with Gasteiger partial charge in [0.2, 0.25) is 5.88 Å². The van der Waals surface area contributed by atoms with Crippen LogP contribution in [0.3, 0.4) is 0 Å². The molecule has 7 nitrogen and oxygen atoms in total. The maximum absolute atomic E-state index is 11.7. The molecule has 126 valence electrons. The summed E-state index contributed by atoms with van der Waals surface area (Å²) < 4.78 is 10.5. The van der Waals surface area contributed by atoms with E-state index in [1.165, 1.54) is 17.3 Å². The van der Waals surface area contributed by atoms with Crippen LogP contribution in [0.15, 0.2) is 30.6 Å². The Morgan fingerprint density at radius 1 is 1.29 bits per heavy atom. The van der Waals surface area contributed by atoms with Gasteiger partial charge in [0.05, 0.1) is 25.5 Å². The van der Waals surface area contributed by atoms with Crippen LogP contribution in [-0.2, 0) is 11.3 Å². The monoisotopic (exact) mass is 369 g/mol. The van der Waals surface area contributed by atoms with Gasteiger partial charge in [-0.15, -0.1) is 0 Å². The van der Waals surface area contributed by atoms with Gasteiger partial charge in [0, 0.05) is 15.6 Å². The van der Waals surface area contributed by atoms with Crippen LogP contribution >= 0.6 is 23.2 Å². The van der Waals surface area contributed by atoms with Crippen LogP contribution in [0.4, 0.5) is 10.6 Å². The van der Waals surface area contributed by atoms with Gasteiger partial charge in [0.1, 0.15) is 12.7 Å². The van der Waals surface area contributed by atoms with Crippen LogP contribution in [0.1, 0.15) is 5.56 Å². The fourth-order valence-corrected chi connectivity index (χ4v) is 2.65. The maximum atomic E-state index is 11.7. The maximum Gasteiger partial charge on any atom is 0.416 e. The number of benzene rings is 1. The number of cyclic esters (lactones) is 1. The number of halogens is 2. The molecule has 3 rings (SSSR count). The van der Waals surface area contributed by atoms with Crippen molar-refractivity contribution in [1.29, 1.82) is 0 Å². The van der Waals surface area contributed by atoms with Gasteiger partial charge in [0.15, 0.2) is 5.82 Å². The average Bonchev–Trinajstić information content (AvgIpc) is 2.96. The molecule has 1 saturated heterocycles. The number of ether oxygens (including phenoxy) is 2. The molecule has 2 heterocycles. The number of amides is 1. The third-order valence-electron chi connectivity index (χ3n) is 3.39. The Kier molecular flexibility index (Phi) is 5.03. The molecule has 0 spiro atoms. The molecule has 1 unspecified atom stereocenters. The highest BCUT2D eigenvalue weighted by molar-refractivity contribution is 6.35. The summed E-state index contributed by atoms with van der Waals surface area (Å²) in [5.41, 5.74) is 0.653. The Morgan fingerprint density at radius 2 is 2.04 bits per heavy atom. The number of carbonyl (C=O) groups is 1. The zero-order chi connectivity index (χ0) is 17.1. The number of rotatable bonds is 5. The summed E-state index contributed by atoms with van der Waals surface area (Å²) >= 11 is 12.1. The summed E-state index contributed by atoms with van der Waals surface area (Å²) in [5.74, 6) is 0.583. The number of hydrogen-bond donors (Lipinski definition) is 1. The molecule has 1 atom stereocenters. The van der Waals surface area contributed by atoms with Gasteiger partial charge in [-0.25, -0.2) is 14.8 Å². The molecule has 0 radical (unpaired) electrons. The Hall–Kier alpha value is -2.09. The second-order valence-electron chi connectivity index (χ2n) is 5.00. The smallest absolute Gasteiger partial charge is 0.416 e. The summed E-state index contributed by atoms with van der Waals surface area (Å²) in [7, 11) is 0. The van der Waals surface area contributed by atoms with Gasteiger partial charge in [-0.2, -0.15) is 0 Å². The molecular weight excluding hydrogens is 357 g/mol. The van der Waals surface area contributed by atoms with Crippen molar-refractivity contribution in [2.24, 2.45) is 0 Å². The SMILES string of the molecule is O=C1OC(CO)CN1c1cnc(OCc2c(Cl)cccc2Cl)cn1. The third-order valence-corrected chi connectivity index (χ3v) is 4.10. The summed E-state index contributed by atoms with van der Waals surface area (Å²) in [6.07, 6.45) is 1.65. The average molecular weight is 370 g/mol. The highest BCUT2D eigenvalue weighted by Gasteiger charge is 2.32. The number of anilines is 1. The Morgan fingerprint density at radius 3 is 2.62 bits per heavy atom. The topological polar surface area (TPSA) is 84.8 Å². The summed E-state index contributed by atoms with van der Waals surface area (Å²) in [6.45, 7) is 0.125. The summed E-state index contributed by atoms with van der Waals surface area (Å²) in [6, 6.07) is 5.19. The molecule has 1 aromatic heterocycles. The molecule has 24 heavy (non-hydrogen) atoms. The fraction of sp³-hybridized carbons (Fsp3) is 0.267. The van der Waals surface area contributed by atoms with Crippen LogP contribution in [0.2, 0.25) is 10.0 Å². The predicted molar refractivity (Wildman–Crippen MR) is 87.5 cm³/mol. The molecule has 2 aromatic rings. The standard InChI is InChI=1S/C15H13Cl2N3O4/c16-11-2-1-3-12(17)10(11)8-23-14-5-18-13(4-19-14)20-6-9(7-21)24-15(20)22/h1-5,9,21H,6-8H2. The fourth-order valence-electron chi connectivity index (χ4n) is 2.14. The van der Waals surface area contributed by atoms with E-state index in [2.05, 4.69) is 9.97 Å². The first-order valence-electron chi connectivity index (χ1n) is 7.05. The van der Waals surface area contributed by atoms with Crippen molar-refractivity contribution in [3.8, 4) is 5.88 Å². The van der Waals surface area contributed by atoms with E-state index in [4.69, 9.17) is 37.8 Å². The van der Waals surface area contributed by atoms with Crippen LogP contribution in [0, 0.1) is 0 Å². The predicted octanol–water partition coefficient (Wildman–Crippen LogP) is 2.68. The lowest BCUT2D eigenvalue weighted by molar-refractivity contribution is 0.0963. The number of hydrogen-bond acceptors (Lipinski definition) is 6. The molecule has 9 heteroatoms.